The van der Waals surface area contributed by atoms with Gasteiger partial charge in [-0.05, 0) is 36.8 Å². The van der Waals surface area contributed by atoms with Crippen molar-refractivity contribution >= 4 is 5.78 Å². The summed E-state index contributed by atoms with van der Waals surface area (Å²) in [5.74, 6) is -9.43. The number of rotatable bonds is 3. The maximum atomic E-state index is 13.7. The van der Waals surface area contributed by atoms with Crippen molar-refractivity contribution in [2.45, 2.75) is 13.3 Å². The molecule has 0 fully saturated rings. The number of aryl methyl sites for hydroxylation is 1. The third-order valence-corrected chi connectivity index (χ3v) is 2.89. The fourth-order valence-corrected chi connectivity index (χ4v) is 1.97. The van der Waals surface area contributed by atoms with E-state index in [0.29, 0.717) is 0 Å². The Hall–Kier alpha value is -2.58. The third kappa shape index (κ3) is 3.66. The fourth-order valence-electron chi connectivity index (χ4n) is 1.97. The van der Waals surface area contributed by atoms with Crippen LogP contribution in [0.3, 0.4) is 0 Å². The van der Waals surface area contributed by atoms with E-state index in [0.717, 1.165) is 12.1 Å². The number of carbonyl (C=O) groups excluding carboxylic acids is 1. The SMILES string of the molecule is Cc1cc(F)c(C(=O)c2cc(F)c(OC(F)(F)F)c(F)c2)c(F)c1. The Morgan fingerprint density at radius 1 is 0.875 bits per heavy atom. The second-order valence-corrected chi connectivity index (χ2v) is 4.75. The van der Waals surface area contributed by atoms with E-state index in [-0.39, 0.29) is 17.7 Å². The van der Waals surface area contributed by atoms with E-state index in [4.69, 9.17) is 0 Å². The molecule has 0 bridgehead atoms. The number of hydrogen-bond acceptors (Lipinski definition) is 2. The van der Waals surface area contributed by atoms with E-state index in [1.165, 1.54) is 6.92 Å². The van der Waals surface area contributed by atoms with Crippen LogP contribution in [0.4, 0.5) is 30.7 Å². The summed E-state index contributed by atoms with van der Waals surface area (Å²) in [6.45, 7) is 1.35. The third-order valence-electron chi connectivity index (χ3n) is 2.89. The van der Waals surface area contributed by atoms with Crippen LogP contribution in [-0.4, -0.2) is 12.1 Å². The molecule has 128 valence electrons. The van der Waals surface area contributed by atoms with Gasteiger partial charge >= 0.3 is 6.36 Å². The van der Waals surface area contributed by atoms with Crippen LogP contribution in [0.1, 0.15) is 21.5 Å². The standard InChI is InChI=1S/C15H7F7O2/c1-6-2-8(16)12(9(17)3-6)13(23)7-4-10(18)14(11(19)5-7)24-15(20,21)22/h2-5H,1H3. The highest BCUT2D eigenvalue weighted by Gasteiger charge is 2.34. The molecule has 2 aromatic rings. The molecule has 2 rings (SSSR count). The van der Waals surface area contributed by atoms with Crippen LogP contribution in [0, 0.1) is 30.2 Å². The van der Waals surface area contributed by atoms with Crippen molar-refractivity contribution < 1.29 is 40.3 Å². The van der Waals surface area contributed by atoms with E-state index in [9.17, 15) is 35.5 Å². The van der Waals surface area contributed by atoms with Crippen LogP contribution in [0.25, 0.3) is 0 Å². The van der Waals surface area contributed by atoms with Gasteiger partial charge < -0.3 is 4.74 Å². The first kappa shape index (κ1) is 17.8. The molecule has 2 nitrogen and oxygen atoms in total. The second-order valence-electron chi connectivity index (χ2n) is 4.75. The van der Waals surface area contributed by atoms with Gasteiger partial charge in [0, 0.05) is 5.56 Å². The predicted molar refractivity (Wildman–Crippen MR) is 67.6 cm³/mol. The average Bonchev–Trinajstić information content (AvgIpc) is 2.40. The van der Waals surface area contributed by atoms with E-state index in [1.807, 2.05) is 0 Å². The smallest absolute Gasteiger partial charge is 0.399 e. The molecular formula is C15H7F7O2. The summed E-state index contributed by atoms with van der Waals surface area (Å²) < 4.78 is 93.9. The molecule has 24 heavy (non-hydrogen) atoms. The maximum absolute atomic E-state index is 13.7. The first-order chi connectivity index (χ1) is 11.0. The fraction of sp³-hybridized carbons (Fsp3) is 0.133. The Bertz CT molecular complexity index is 766. The Labute approximate surface area is 130 Å². The minimum Gasteiger partial charge on any atom is -0.399 e. The molecular weight excluding hydrogens is 345 g/mol. The molecule has 2 aromatic carbocycles. The van der Waals surface area contributed by atoms with Crippen molar-refractivity contribution in [3.8, 4) is 5.75 Å². The van der Waals surface area contributed by atoms with Gasteiger partial charge in [-0.25, -0.2) is 17.6 Å². The molecule has 0 heterocycles. The highest BCUT2D eigenvalue weighted by Crippen LogP contribution is 2.30. The predicted octanol–water partition coefficient (Wildman–Crippen LogP) is 4.68. The average molecular weight is 352 g/mol. The van der Waals surface area contributed by atoms with E-state index in [2.05, 4.69) is 4.74 Å². The first-order valence-electron chi connectivity index (χ1n) is 6.24. The number of benzene rings is 2. The van der Waals surface area contributed by atoms with E-state index >= 15 is 0 Å². The zero-order valence-electron chi connectivity index (χ0n) is 11.8. The Balaban J connectivity index is 2.49. The molecule has 0 aromatic heterocycles. The lowest BCUT2D eigenvalue weighted by atomic mass is 10.0. The molecule has 0 amide bonds. The summed E-state index contributed by atoms with van der Waals surface area (Å²) >= 11 is 0. The molecule has 0 aliphatic rings. The van der Waals surface area contributed by atoms with Gasteiger partial charge in [0.15, 0.2) is 17.4 Å². The van der Waals surface area contributed by atoms with Gasteiger partial charge in [0.05, 0.1) is 5.56 Å². The molecule has 0 spiro atoms. The Kier molecular flexibility index (Phi) is 4.54. The molecule has 0 N–H and O–H groups in total. The quantitative estimate of drug-likeness (QED) is 0.592. The molecule has 9 heteroatoms. The van der Waals surface area contributed by atoms with Gasteiger partial charge in [-0.3, -0.25) is 4.79 Å². The molecule has 0 atom stereocenters. The van der Waals surface area contributed by atoms with Crippen molar-refractivity contribution in [1.82, 2.24) is 0 Å². The largest absolute Gasteiger partial charge is 0.573 e. The monoisotopic (exact) mass is 352 g/mol. The summed E-state index contributed by atoms with van der Waals surface area (Å²) in [5.41, 5.74) is -1.79. The van der Waals surface area contributed by atoms with Gasteiger partial charge in [0.1, 0.15) is 11.6 Å². The highest BCUT2D eigenvalue weighted by atomic mass is 19.4. The number of carbonyl (C=O) groups is 1. The zero-order valence-corrected chi connectivity index (χ0v) is 11.8. The van der Waals surface area contributed by atoms with Gasteiger partial charge in [-0.2, -0.15) is 0 Å². The lowest BCUT2D eigenvalue weighted by molar-refractivity contribution is -0.276. The number of hydrogen-bond donors (Lipinski definition) is 0. The summed E-state index contributed by atoms with van der Waals surface area (Å²) in [5, 5.41) is 0. The summed E-state index contributed by atoms with van der Waals surface area (Å²) in [6, 6.07) is 2.05. The minimum absolute atomic E-state index is 0.160. The molecule has 0 saturated carbocycles. The number of halogens is 7. The lowest BCUT2D eigenvalue weighted by Crippen LogP contribution is -2.19. The van der Waals surface area contributed by atoms with Crippen LogP contribution < -0.4 is 4.74 Å². The number of alkyl halides is 3. The first-order valence-corrected chi connectivity index (χ1v) is 6.24. The Morgan fingerprint density at radius 2 is 1.33 bits per heavy atom. The van der Waals surface area contributed by atoms with Crippen LogP contribution in [0.2, 0.25) is 0 Å². The van der Waals surface area contributed by atoms with Crippen molar-refractivity contribution in [2.75, 3.05) is 0 Å². The van der Waals surface area contributed by atoms with Gasteiger partial charge in [-0.1, -0.05) is 0 Å². The molecule has 0 unspecified atom stereocenters. The topological polar surface area (TPSA) is 26.3 Å². The maximum Gasteiger partial charge on any atom is 0.573 e. The molecule has 0 radical (unpaired) electrons. The summed E-state index contributed by atoms with van der Waals surface area (Å²) in [4.78, 5) is 12.0. The van der Waals surface area contributed by atoms with E-state index in [1.54, 1.807) is 0 Å². The summed E-state index contributed by atoms with van der Waals surface area (Å²) in [6.07, 6.45) is -5.36. The van der Waals surface area contributed by atoms with Crippen LogP contribution >= 0.6 is 0 Å². The Morgan fingerprint density at radius 3 is 1.75 bits per heavy atom. The van der Waals surface area contributed by atoms with Crippen molar-refractivity contribution in [1.29, 1.82) is 0 Å². The summed E-state index contributed by atoms with van der Waals surface area (Å²) in [7, 11) is 0. The lowest BCUT2D eigenvalue weighted by Gasteiger charge is -2.12. The van der Waals surface area contributed by atoms with Crippen LogP contribution in [-0.2, 0) is 0 Å². The van der Waals surface area contributed by atoms with Gasteiger partial charge in [-0.15, -0.1) is 13.2 Å². The normalized spacial score (nSPS) is 11.5. The van der Waals surface area contributed by atoms with Crippen LogP contribution in [0.15, 0.2) is 24.3 Å². The highest BCUT2D eigenvalue weighted by molar-refractivity contribution is 6.09. The van der Waals surface area contributed by atoms with Gasteiger partial charge in [0.25, 0.3) is 0 Å². The zero-order chi connectivity index (χ0) is 18.2. The van der Waals surface area contributed by atoms with Crippen molar-refractivity contribution in [3.05, 3.63) is 64.2 Å². The van der Waals surface area contributed by atoms with Crippen LogP contribution in [0.5, 0.6) is 5.75 Å². The van der Waals surface area contributed by atoms with Crippen molar-refractivity contribution in [3.63, 3.8) is 0 Å². The van der Waals surface area contributed by atoms with Crippen molar-refractivity contribution in [2.24, 2.45) is 0 Å². The molecule has 0 aliphatic carbocycles. The minimum atomic E-state index is -5.36. The molecule has 0 aliphatic heterocycles. The van der Waals surface area contributed by atoms with E-state index < -0.39 is 52.3 Å². The molecule has 0 saturated heterocycles. The second kappa shape index (κ2) is 6.14. The van der Waals surface area contributed by atoms with Gasteiger partial charge in [0.2, 0.25) is 5.75 Å². The number of ketones is 1. The number of ether oxygens (including phenoxy) is 1.